The molecule has 6 heteroatoms. The SMILES string of the molecule is O=C(NCc1ccncc1)c1ccc(-c2ccc(Cl)cc2)[nH]c1=O. The number of nitrogens with zero attached hydrogens (tertiary/aromatic N) is 1. The van der Waals surface area contributed by atoms with Gasteiger partial charge in [-0.15, -0.1) is 0 Å². The van der Waals surface area contributed by atoms with Gasteiger partial charge in [-0.1, -0.05) is 23.7 Å². The molecule has 0 fully saturated rings. The number of amides is 1. The van der Waals surface area contributed by atoms with Crippen LogP contribution in [0.25, 0.3) is 11.3 Å². The predicted octanol–water partition coefficient (Wildman–Crippen LogP) is 3.02. The van der Waals surface area contributed by atoms with Crippen LogP contribution >= 0.6 is 11.6 Å². The Bertz CT molecular complexity index is 906. The Kier molecular flexibility index (Phi) is 4.72. The summed E-state index contributed by atoms with van der Waals surface area (Å²) in [6, 6.07) is 13.9. The van der Waals surface area contributed by atoms with Crippen molar-refractivity contribution in [3.05, 3.63) is 87.4 Å². The Morgan fingerprint density at radius 3 is 2.42 bits per heavy atom. The Morgan fingerprint density at radius 2 is 1.75 bits per heavy atom. The highest BCUT2D eigenvalue weighted by Gasteiger charge is 2.11. The molecule has 1 aromatic carbocycles. The number of aromatic amines is 1. The number of pyridine rings is 2. The molecule has 2 heterocycles. The van der Waals surface area contributed by atoms with Crippen molar-refractivity contribution in [1.29, 1.82) is 0 Å². The molecule has 0 unspecified atom stereocenters. The lowest BCUT2D eigenvalue weighted by molar-refractivity contribution is 0.0949. The van der Waals surface area contributed by atoms with Crippen molar-refractivity contribution in [2.24, 2.45) is 0 Å². The standard InChI is InChI=1S/C18H14ClN3O2/c19-14-3-1-13(2-4-14)16-6-5-15(18(24)22-16)17(23)21-11-12-7-9-20-10-8-12/h1-10H,11H2,(H,21,23)(H,22,24). The fourth-order valence-electron chi connectivity index (χ4n) is 2.23. The number of benzene rings is 1. The molecule has 0 spiro atoms. The van der Waals surface area contributed by atoms with E-state index in [4.69, 9.17) is 11.6 Å². The highest BCUT2D eigenvalue weighted by atomic mass is 35.5. The highest BCUT2D eigenvalue weighted by Crippen LogP contribution is 2.18. The molecule has 0 aliphatic rings. The molecule has 0 saturated carbocycles. The van der Waals surface area contributed by atoms with E-state index in [9.17, 15) is 9.59 Å². The maximum absolute atomic E-state index is 12.2. The third kappa shape index (κ3) is 3.70. The van der Waals surface area contributed by atoms with Crippen LogP contribution in [-0.2, 0) is 6.54 Å². The largest absolute Gasteiger partial charge is 0.348 e. The average Bonchev–Trinajstić information content (AvgIpc) is 2.61. The number of carbonyl (C=O) groups is 1. The number of rotatable bonds is 4. The van der Waals surface area contributed by atoms with Gasteiger partial charge in [0.15, 0.2) is 0 Å². The summed E-state index contributed by atoms with van der Waals surface area (Å²) < 4.78 is 0. The van der Waals surface area contributed by atoms with Gasteiger partial charge in [-0.3, -0.25) is 14.6 Å². The Morgan fingerprint density at radius 1 is 1.04 bits per heavy atom. The molecule has 2 N–H and O–H groups in total. The van der Waals surface area contributed by atoms with E-state index in [0.29, 0.717) is 17.3 Å². The monoisotopic (exact) mass is 339 g/mol. The van der Waals surface area contributed by atoms with Gasteiger partial charge < -0.3 is 10.3 Å². The van der Waals surface area contributed by atoms with Gasteiger partial charge in [0.05, 0.1) is 0 Å². The number of hydrogen-bond acceptors (Lipinski definition) is 3. The minimum Gasteiger partial charge on any atom is -0.348 e. The van der Waals surface area contributed by atoms with Crippen molar-refractivity contribution in [3.63, 3.8) is 0 Å². The van der Waals surface area contributed by atoms with Gasteiger partial charge in [0.1, 0.15) is 5.56 Å². The van der Waals surface area contributed by atoms with Crippen molar-refractivity contribution >= 4 is 17.5 Å². The molecule has 3 aromatic rings. The second kappa shape index (κ2) is 7.10. The van der Waals surface area contributed by atoms with Crippen LogP contribution in [0, 0.1) is 0 Å². The van der Waals surface area contributed by atoms with Crippen LogP contribution < -0.4 is 10.9 Å². The van der Waals surface area contributed by atoms with Gasteiger partial charge >= 0.3 is 0 Å². The first-order valence-electron chi connectivity index (χ1n) is 7.30. The lowest BCUT2D eigenvalue weighted by Gasteiger charge is -2.06. The minimum absolute atomic E-state index is 0.0711. The molecular formula is C18H14ClN3O2. The number of carbonyl (C=O) groups excluding carboxylic acids is 1. The zero-order valence-corrected chi connectivity index (χ0v) is 13.4. The molecule has 0 bridgehead atoms. The van der Waals surface area contributed by atoms with Crippen LogP contribution in [0.4, 0.5) is 0 Å². The molecule has 0 atom stereocenters. The Hall–Kier alpha value is -2.92. The first kappa shape index (κ1) is 16.0. The van der Waals surface area contributed by atoms with E-state index in [0.717, 1.165) is 11.1 Å². The van der Waals surface area contributed by atoms with Crippen LogP contribution in [0.2, 0.25) is 5.02 Å². The number of halogens is 1. The van der Waals surface area contributed by atoms with E-state index < -0.39 is 11.5 Å². The van der Waals surface area contributed by atoms with Gasteiger partial charge in [-0.2, -0.15) is 0 Å². The molecule has 5 nitrogen and oxygen atoms in total. The smallest absolute Gasteiger partial charge is 0.261 e. The van der Waals surface area contributed by atoms with Crippen LogP contribution in [0.5, 0.6) is 0 Å². The molecular weight excluding hydrogens is 326 g/mol. The lowest BCUT2D eigenvalue weighted by atomic mass is 10.1. The van der Waals surface area contributed by atoms with Crippen LogP contribution in [0.15, 0.2) is 65.7 Å². The van der Waals surface area contributed by atoms with Gasteiger partial charge in [-0.05, 0) is 47.5 Å². The Balaban J connectivity index is 1.76. The van der Waals surface area contributed by atoms with Crippen LogP contribution in [-0.4, -0.2) is 15.9 Å². The van der Waals surface area contributed by atoms with E-state index in [-0.39, 0.29) is 5.56 Å². The Labute approximate surface area is 143 Å². The summed E-state index contributed by atoms with van der Waals surface area (Å²) in [6.45, 7) is 0.333. The van der Waals surface area contributed by atoms with Gasteiger partial charge in [0.25, 0.3) is 11.5 Å². The number of hydrogen-bond donors (Lipinski definition) is 2. The third-order valence-electron chi connectivity index (χ3n) is 3.51. The number of H-pyrrole nitrogens is 1. The minimum atomic E-state index is -0.435. The van der Waals surface area contributed by atoms with Crippen molar-refractivity contribution in [3.8, 4) is 11.3 Å². The quantitative estimate of drug-likeness (QED) is 0.767. The zero-order valence-electron chi connectivity index (χ0n) is 12.6. The number of aromatic nitrogens is 2. The van der Waals surface area contributed by atoms with E-state index in [1.165, 1.54) is 6.07 Å². The third-order valence-corrected chi connectivity index (χ3v) is 3.76. The molecule has 2 aromatic heterocycles. The first-order chi connectivity index (χ1) is 11.6. The molecule has 0 aliphatic heterocycles. The topological polar surface area (TPSA) is 74.8 Å². The van der Waals surface area contributed by atoms with E-state index >= 15 is 0 Å². The molecule has 1 amide bonds. The van der Waals surface area contributed by atoms with E-state index in [1.54, 1.807) is 54.9 Å². The average molecular weight is 340 g/mol. The summed E-state index contributed by atoms with van der Waals surface area (Å²) in [4.78, 5) is 31.0. The van der Waals surface area contributed by atoms with Crippen molar-refractivity contribution in [2.75, 3.05) is 0 Å². The first-order valence-corrected chi connectivity index (χ1v) is 7.67. The fraction of sp³-hybridized carbons (Fsp3) is 0.0556. The van der Waals surface area contributed by atoms with Gasteiger partial charge in [0, 0.05) is 29.7 Å². The summed E-state index contributed by atoms with van der Waals surface area (Å²) in [5.74, 6) is -0.421. The van der Waals surface area contributed by atoms with Crippen LogP contribution in [0.3, 0.4) is 0 Å². The second-order valence-corrected chi connectivity index (χ2v) is 5.60. The molecule has 0 radical (unpaired) electrons. The normalized spacial score (nSPS) is 10.4. The number of nitrogens with one attached hydrogen (secondary N) is 2. The van der Waals surface area contributed by atoms with E-state index in [1.807, 2.05) is 0 Å². The van der Waals surface area contributed by atoms with Gasteiger partial charge in [-0.25, -0.2) is 0 Å². The highest BCUT2D eigenvalue weighted by molar-refractivity contribution is 6.30. The van der Waals surface area contributed by atoms with Crippen molar-refractivity contribution in [2.45, 2.75) is 6.54 Å². The van der Waals surface area contributed by atoms with Crippen molar-refractivity contribution < 1.29 is 4.79 Å². The zero-order chi connectivity index (χ0) is 16.9. The summed E-state index contributed by atoms with van der Waals surface area (Å²) >= 11 is 5.85. The summed E-state index contributed by atoms with van der Waals surface area (Å²) in [6.07, 6.45) is 3.30. The fourth-order valence-corrected chi connectivity index (χ4v) is 2.35. The lowest BCUT2D eigenvalue weighted by Crippen LogP contribution is -2.29. The summed E-state index contributed by atoms with van der Waals surface area (Å²) in [5, 5.41) is 3.34. The molecule has 0 saturated heterocycles. The molecule has 24 heavy (non-hydrogen) atoms. The molecule has 3 rings (SSSR count). The predicted molar refractivity (Wildman–Crippen MR) is 92.9 cm³/mol. The summed E-state index contributed by atoms with van der Waals surface area (Å²) in [5.41, 5.74) is 1.99. The maximum atomic E-state index is 12.2. The van der Waals surface area contributed by atoms with Crippen molar-refractivity contribution in [1.82, 2.24) is 15.3 Å². The molecule has 120 valence electrons. The second-order valence-electron chi connectivity index (χ2n) is 5.16. The molecule has 0 aliphatic carbocycles. The van der Waals surface area contributed by atoms with E-state index in [2.05, 4.69) is 15.3 Å². The van der Waals surface area contributed by atoms with Gasteiger partial charge in [0.2, 0.25) is 0 Å². The summed E-state index contributed by atoms with van der Waals surface area (Å²) in [7, 11) is 0. The van der Waals surface area contributed by atoms with Crippen LogP contribution in [0.1, 0.15) is 15.9 Å². The maximum Gasteiger partial charge on any atom is 0.261 e.